The van der Waals surface area contributed by atoms with Gasteiger partial charge in [0, 0.05) is 31.4 Å². The average Bonchev–Trinajstić information content (AvgIpc) is 3.54. The number of piperidine rings is 1. The van der Waals surface area contributed by atoms with E-state index < -0.39 is 29.5 Å². The van der Waals surface area contributed by atoms with Gasteiger partial charge in [-0.1, -0.05) is 0 Å². The van der Waals surface area contributed by atoms with E-state index in [0.29, 0.717) is 31.4 Å². The molecule has 1 saturated carbocycles. The first-order valence-corrected chi connectivity index (χ1v) is 10.1. The first-order chi connectivity index (χ1) is 14.4. The lowest BCUT2D eigenvalue weighted by Gasteiger charge is -2.38. The van der Waals surface area contributed by atoms with Crippen LogP contribution in [0.15, 0.2) is 17.1 Å². The summed E-state index contributed by atoms with van der Waals surface area (Å²) in [5, 5.41) is 9.40. The highest BCUT2D eigenvalue weighted by atomic mass is 19.1. The van der Waals surface area contributed by atoms with Gasteiger partial charge in [0.2, 0.25) is 5.43 Å². The van der Waals surface area contributed by atoms with Crippen LogP contribution in [0, 0.1) is 11.7 Å². The van der Waals surface area contributed by atoms with Crippen LogP contribution in [0.3, 0.4) is 0 Å². The Morgan fingerprint density at radius 3 is 2.67 bits per heavy atom. The van der Waals surface area contributed by atoms with Crippen LogP contribution in [0.4, 0.5) is 14.5 Å². The lowest BCUT2D eigenvalue weighted by Crippen LogP contribution is -2.49. The lowest BCUT2D eigenvalue weighted by molar-refractivity contribution is 0.0695. The van der Waals surface area contributed by atoms with E-state index in [9.17, 15) is 19.1 Å². The van der Waals surface area contributed by atoms with E-state index in [1.165, 1.54) is 13.3 Å². The predicted octanol–water partition coefficient (Wildman–Crippen LogP) is 2.70. The molecule has 4 rings (SSSR count). The molecule has 1 aromatic heterocycles. The highest BCUT2D eigenvalue weighted by molar-refractivity contribution is 5.97. The largest absolute Gasteiger partial charge is 0.492 e. The van der Waals surface area contributed by atoms with Crippen molar-refractivity contribution in [2.24, 2.45) is 11.7 Å². The molecule has 0 bridgehead atoms. The van der Waals surface area contributed by atoms with Crippen molar-refractivity contribution in [3.05, 3.63) is 33.9 Å². The smallest absolute Gasteiger partial charge is 0.341 e. The third-order valence-electron chi connectivity index (χ3n) is 6.18. The number of aromatic carboxylic acids is 1. The molecule has 162 valence electrons. The van der Waals surface area contributed by atoms with Crippen molar-refractivity contribution in [2.75, 3.05) is 31.8 Å². The fourth-order valence-corrected chi connectivity index (χ4v) is 4.46. The van der Waals surface area contributed by atoms with E-state index in [4.69, 9.17) is 10.5 Å². The minimum Gasteiger partial charge on any atom is -0.492 e. The van der Waals surface area contributed by atoms with E-state index in [1.54, 1.807) is 9.47 Å². The molecule has 0 radical (unpaired) electrons. The van der Waals surface area contributed by atoms with Crippen LogP contribution in [-0.4, -0.2) is 48.6 Å². The molecule has 3 N–H and O–H groups in total. The predicted molar refractivity (Wildman–Crippen MR) is 109 cm³/mol. The number of ether oxygens (including phenoxy) is 1. The number of nitrogens with two attached hydrogens (primary N) is 1. The number of carbonyl (C=O) groups is 1. The van der Waals surface area contributed by atoms with Crippen molar-refractivity contribution in [2.45, 2.75) is 37.8 Å². The van der Waals surface area contributed by atoms with Gasteiger partial charge in [0.25, 0.3) is 0 Å². The molecule has 1 saturated heterocycles. The number of halogens is 2. The highest BCUT2D eigenvalue weighted by Crippen LogP contribution is 2.44. The molecule has 0 spiro atoms. The summed E-state index contributed by atoms with van der Waals surface area (Å²) in [5.41, 5.74) is 5.69. The maximum absolute atomic E-state index is 15.3. The second kappa shape index (κ2) is 7.86. The van der Waals surface area contributed by atoms with Crippen molar-refractivity contribution in [3.63, 3.8) is 0 Å². The van der Waals surface area contributed by atoms with Gasteiger partial charge >= 0.3 is 5.97 Å². The van der Waals surface area contributed by atoms with Crippen LogP contribution in [0.1, 0.15) is 42.1 Å². The van der Waals surface area contributed by atoms with Crippen molar-refractivity contribution in [1.82, 2.24) is 4.57 Å². The van der Waals surface area contributed by atoms with Crippen LogP contribution in [-0.2, 0) is 0 Å². The lowest BCUT2D eigenvalue weighted by atomic mass is 9.89. The number of carboxylic acid groups (broad SMARTS) is 1. The van der Waals surface area contributed by atoms with Gasteiger partial charge in [-0.3, -0.25) is 9.18 Å². The fraction of sp³-hybridized carbons (Fsp3) is 0.524. The number of pyridine rings is 1. The molecule has 1 aliphatic heterocycles. The molecule has 2 atom stereocenters. The minimum atomic E-state index is -1.35. The van der Waals surface area contributed by atoms with Crippen molar-refractivity contribution in [1.29, 1.82) is 0 Å². The normalized spacial score (nSPS) is 21.8. The Morgan fingerprint density at radius 2 is 2.10 bits per heavy atom. The number of carboxylic acids is 1. The molecule has 1 aliphatic carbocycles. The molecular weight excluding hydrogens is 396 g/mol. The summed E-state index contributed by atoms with van der Waals surface area (Å²) >= 11 is 0. The molecule has 7 nitrogen and oxygen atoms in total. The number of aromatic nitrogens is 1. The summed E-state index contributed by atoms with van der Waals surface area (Å²) in [6.45, 7) is 0.383. The number of rotatable bonds is 6. The molecule has 2 aliphatic rings. The second-order valence-electron chi connectivity index (χ2n) is 8.09. The Morgan fingerprint density at radius 1 is 1.37 bits per heavy atom. The monoisotopic (exact) mass is 421 g/mol. The summed E-state index contributed by atoms with van der Waals surface area (Å²) in [5.74, 6) is -1.79. The van der Waals surface area contributed by atoms with Crippen molar-refractivity contribution >= 4 is 22.6 Å². The molecule has 2 aromatic rings. The number of nitrogens with zero attached hydrogens (tertiary/aromatic N) is 2. The van der Waals surface area contributed by atoms with E-state index in [2.05, 4.69) is 0 Å². The summed E-state index contributed by atoms with van der Waals surface area (Å²) in [4.78, 5) is 26.1. The molecule has 2 fully saturated rings. The summed E-state index contributed by atoms with van der Waals surface area (Å²) in [7, 11) is 1.40. The fourth-order valence-electron chi connectivity index (χ4n) is 4.46. The van der Waals surface area contributed by atoms with Crippen LogP contribution in [0.5, 0.6) is 5.75 Å². The Kier molecular flexibility index (Phi) is 5.40. The first kappa shape index (κ1) is 20.6. The van der Waals surface area contributed by atoms with Gasteiger partial charge in [-0.25, -0.2) is 9.18 Å². The first-order valence-electron chi connectivity index (χ1n) is 10.1. The number of benzene rings is 1. The van der Waals surface area contributed by atoms with Crippen molar-refractivity contribution in [3.8, 4) is 5.75 Å². The molecule has 2 heterocycles. The van der Waals surface area contributed by atoms with Gasteiger partial charge in [-0.05, 0) is 37.7 Å². The van der Waals surface area contributed by atoms with Gasteiger partial charge in [0.15, 0.2) is 11.6 Å². The van der Waals surface area contributed by atoms with Crippen LogP contribution in [0.2, 0.25) is 0 Å². The number of fused-ring (bicyclic) bond motifs is 1. The standard InChI is InChI=1S/C21H25F2N3O4/c1-30-20-17-13(19(27)14(21(28)29)9-26(17)12-2-3-12)8-15(23)18(20)25-7-5-11(4-6-22)16(24)10-25/h8-9,11-12,16H,2-7,10,24H2,1H3,(H,28,29)/t11-,16-/m1/s1. The quantitative estimate of drug-likeness (QED) is 0.744. The van der Waals surface area contributed by atoms with Crippen molar-refractivity contribution < 1.29 is 23.4 Å². The average molecular weight is 421 g/mol. The molecule has 0 amide bonds. The Labute approximate surface area is 172 Å². The minimum absolute atomic E-state index is 0.0171. The van der Waals surface area contributed by atoms with E-state index in [0.717, 1.165) is 18.9 Å². The zero-order chi connectivity index (χ0) is 21.6. The maximum atomic E-state index is 15.3. The third kappa shape index (κ3) is 3.40. The van der Waals surface area contributed by atoms with Gasteiger partial charge in [-0.2, -0.15) is 0 Å². The Hall–Kier alpha value is -2.68. The Balaban J connectivity index is 1.89. The molecule has 9 heteroatoms. The topological polar surface area (TPSA) is 97.8 Å². The maximum Gasteiger partial charge on any atom is 0.341 e. The molecule has 0 unspecified atom stereocenters. The number of anilines is 1. The van der Waals surface area contributed by atoms with Gasteiger partial charge in [-0.15, -0.1) is 0 Å². The van der Waals surface area contributed by atoms with E-state index in [1.807, 2.05) is 0 Å². The molecule has 30 heavy (non-hydrogen) atoms. The van der Waals surface area contributed by atoms with E-state index in [-0.39, 0.29) is 34.8 Å². The van der Waals surface area contributed by atoms with Crippen LogP contribution >= 0.6 is 0 Å². The summed E-state index contributed by atoms with van der Waals surface area (Å²) in [6, 6.07) is 0.824. The number of alkyl halides is 1. The van der Waals surface area contributed by atoms with Crippen LogP contribution < -0.4 is 20.8 Å². The third-order valence-corrected chi connectivity index (χ3v) is 6.18. The Bertz CT molecular complexity index is 1050. The highest BCUT2D eigenvalue weighted by Gasteiger charge is 2.33. The number of hydrogen-bond donors (Lipinski definition) is 2. The summed E-state index contributed by atoms with van der Waals surface area (Å²) < 4.78 is 35.3. The SMILES string of the molecule is COc1c(N2CC[C@@H](CCF)[C@H](N)C2)c(F)cc2c(=O)c(C(=O)O)cn(C3CC3)c12. The molecule has 1 aromatic carbocycles. The van der Waals surface area contributed by atoms with Gasteiger partial charge in [0.1, 0.15) is 11.3 Å². The number of hydrogen-bond acceptors (Lipinski definition) is 5. The van der Waals surface area contributed by atoms with Crippen LogP contribution in [0.25, 0.3) is 10.9 Å². The number of methoxy groups -OCH3 is 1. The van der Waals surface area contributed by atoms with Gasteiger partial charge in [0.05, 0.1) is 24.7 Å². The second-order valence-corrected chi connectivity index (χ2v) is 8.09. The van der Waals surface area contributed by atoms with Gasteiger partial charge < -0.3 is 25.0 Å². The molecular formula is C21H25F2N3O4. The zero-order valence-electron chi connectivity index (χ0n) is 16.7. The zero-order valence-corrected chi connectivity index (χ0v) is 16.7. The van der Waals surface area contributed by atoms with E-state index >= 15 is 4.39 Å². The summed E-state index contributed by atoms with van der Waals surface area (Å²) in [6.07, 6.45) is 4.01.